The van der Waals surface area contributed by atoms with E-state index in [1.165, 1.54) is 5.69 Å². The molecule has 0 aliphatic carbocycles. The molecule has 0 saturated carbocycles. The molecule has 1 aliphatic heterocycles. The van der Waals surface area contributed by atoms with E-state index in [2.05, 4.69) is 41.6 Å². The van der Waals surface area contributed by atoms with Crippen molar-refractivity contribution in [3.8, 4) is 0 Å². The molecule has 0 aromatic carbocycles. The monoisotopic (exact) mass is 237 g/mol. The number of thioether (sulfide) groups is 1. The van der Waals surface area contributed by atoms with E-state index in [0.29, 0.717) is 17.0 Å². The molecule has 2 unspecified atom stereocenters. The van der Waals surface area contributed by atoms with Crippen molar-refractivity contribution in [3.63, 3.8) is 0 Å². The molecule has 4 heteroatoms. The van der Waals surface area contributed by atoms with Crippen LogP contribution in [-0.2, 0) is 6.54 Å². The van der Waals surface area contributed by atoms with E-state index in [-0.39, 0.29) is 0 Å². The molecule has 2 atom stereocenters. The average molecular weight is 237 g/mol. The molecule has 1 aromatic rings. The van der Waals surface area contributed by atoms with Crippen LogP contribution in [0.1, 0.15) is 19.5 Å². The Balaban J connectivity index is 2.10. The quantitative estimate of drug-likeness (QED) is 0.852. The van der Waals surface area contributed by atoms with Crippen LogP contribution in [0.25, 0.3) is 0 Å². The lowest BCUT2D eigenvalue weighted by molar-refractivity contribution is 0.726. The molecule has 0 amide bonds. The maximum atomic E-state index is 5.54. The molecular weight excluding hydrogens is 218 g/mol. The second-order valence-electron chi connectivity index (χ2n) is 4.37. The van der Waals surface area contributed by atoms with Gasteiger partial charge in [0.25, 0.3) is 0 Å². The summed E-state index contributed by atoms with van der Waals surface area (Å²) in [5.74, 6) is 0. The van der Waals surface area contributed by atoms with Gasteiger partial charge in [-0.1, -0.05) is 13.8 Å². The molecule has 1 aromatic heterocycles. The van der Waals surface area contributed by atoms with Crippen molar-refractivity contribution in [2.75, 3.05) is 18.0 Å². The minimum atomic E-state index is 0.517. The summed E-state index contributed by atoms with van der Waals surface area (Å²) in [6.45, 7) is 7.31. The third kappa shape index (κ3) is 2.68. The summed E-state index contributed by atoms with van der Waals surface area (Å²) in [4.78, 5) is 6.76. The Morgan fingerprint density at radius 1 is 1.38 bits per heavy atom. The molecule has 2 rings (SSSR count). The van der Waals surface area contributed by atoms with E-state index in [9.17, 15) is 0 Å². The average Bonchev–Trinajstić information content (AvgIpc) is 2.28. The van der Waals surface area contributed by atoms with Crippen molar-refractivity contribution in [1.82, 2.24) is 4.98 Å². The Bertz CT molecular complexity index is 329. The third-order valence-corrected chi connectivity index (χ3v) is 4.03. The fourth-order valence-corrected chi connectivity index (χ4v) is 3.44. The summed E-state index contributed by atoms with van der Waals surface area (Å²) in [5.41, 5.74) is 7.72. The van der Waals surface area contributed by atoms with Crippen LogP contribution in [0.2, 0.25) is 0 Å². The largest absolute Gasteiger partial charge is 0.368 e. The van der Waals surface area contributed by atoms with Crippen molar-refractivity contribution in [2.45, 2.75) is 30.9 Å². The predicted molar refractivity (Wildman–Crippen MR) is 70.9 cm³/mol. The van der Waals surface area contributed by atoms with Gasteiger partial charge in [0.2, 0.25) is 0 Å². The van der Waals surface area contributed by atoms with E-state index in [1.54, 1.807) is 0 Å². The topological polar surface area (TPSA) is 42.1 Å². The Hall–Kier alpha value is -0.740. The molecule has 2 heterocycles. The Morgan fingerprint density at radius 2 is 2.06 bits per heavy atom. The first-order chi connectivity index (χ1) is 7.69. The maximum absolute atomic E-state index is 5.54. The van der Waals surface area contributed by atoms with Gasteiger partial charge in [-0.05, 0) is 12.1 Å². The Labute approximate surface area is 101 Å². The zero-order valence-electron chi connectivity index (χ0n) is 9.89. The van der Waals surface area contributed by atoms with Gasteiger partial charge in [0.15, 0.2) is 0 Å². The summed E-state index contributed by atoms with van der Waals surface area (Å²) >= 11 is 2.07. The highest BCUT2D eigenvalue weighted by Gasteiger charge is 2.22. The fraction of sp³-hybridized carbons (Fsp3) is 0.583. The summed E-state index contributed by atoms with van der Waals surface area (Å²) in [6.07, 6.45) is 1.94. The van der Waals surface area contributed by atoms with Crippen molar-refractivity contribution >= 4 is 17.4 Å². The van der Waals surface area contributed by atoms with Gasteiger partial charge in [-0.25, -0.2) is 0 Å². The van der Waals surface area contributed by atoms with Crippen LogP contribution in [0.4, 0.5) is 5.69 Å². The minimum absolute atomic E-state index is 0.517. The van der Waals surface area contributed by atoms with Crippen LogP contribution in [0.15, 0.2) is 18.3 Å². The van der Waals surface area contributed by atoms with Crippen molar-refractivity contribution in [2.24, 2.45) is 5.73 Å². The number of nitrogens with zero attached hydrogens (tertiary/aromatic N) is 2. The molecule has 1 saturated heterocycles. The van der Waals surface area contributed by atoms with Crippen LogP contribution < -0.4 is 10.6 Å². The van der Waals surface area contributed by atoms with E-state index in [0.717, 1.165) is 18.8 Å². The van der Waals surface area contributed by atoms with Gasteiger partial charge in [-0.2, -0.15) is 11.8 Å². The number of nitrogens with two attached hydrogens (primary N) is 1. The second-order valence-corrected chi connectivity index (χ2v) is 6.26. The van der Waals surface area contributed by atoms with E-state index >= 15 is 0 Å². The van der Waals surface area contributed by atoms with Gasteiger partial charge in [0.1, 0.15) is 0 Å². The summed E-state index contributed by atoms with van der Waals surface area (Å²) < 4.78 is 0. The molecule has 1 fully saturated rings. The molecule has 16 heavy (non-hydrogen) atoms. The summed E-state index contributed by atoms with van der Waals surface area (Å²) in [7, 11) is 0. The van der Waals surface area contributed by atoms with Gasteiger partial charge >= 0.3 is 0 Å². The van der Waals surface area contributed by atoms with Gasteiger partial charge in [0, 0.05) is 30.1 Å². The van der Waals surface area contributed by atoms with Crippen LogP contribution in [-0.4, -0.2) is 28.6 Å². The van der Waals surface area contributed by atoms with Crippen molar-refractivity contribution in [3.05, 3.63) is 24.0 Å². The van der Waals surface area contributed by atoms with E-state index in [4.69, 9.17) is 5.73 Å². The van der Waals surface area contributed by atoms with E-state index in [1.807, 2.05) is 12.3 Å². The highest BCUT2D eigenvalue weighted by molar-refractivity contribution is 8.00. The van der Waals surface area contributed by atoms with E-state index < -0.39 is 0 Å². The zero-order chi connectivity index (χ0) is 11.5. The standard InChI is InChI=1S/C12H19N3S/c1-9-7-15(8-10(2)16-9)12-4-3-11(5-13)14-6-12/h3-4,6,9-10H,5,7-8,13H2,1-2H3. The normalized spacial score (nSPS) is 25.8. The third-order valence-electron chi connectivity index (χ3n) is 2.80. The van der Waals surface area contributed by atoms with Crippen LogP contribution >= 0.6 is 11.8 Å². The van der Waals surface area contributed by atoms with Crippen LogP contribution in [0, 0.1) is 0 Å². The highest BCUT2D eigenvalue weighted by atomic mass is 32.2. The van der Waals surface area contributed by atoms with Crippen molar-refractivity contribution < 1.29 is 0 Å². The number of aromatic nitrogens is 1. The first-order valence-electron chi connectivity index (χ1n) is 5.74. The molecule has 88 valence electrons. The maximum Gasteiger partial charge on any atom is 0.0553 e. The van der Waals surface area contributed by atoms with Crippen LogP contribution in [0.5, 0.6) is 0 Å². The predicted octanol–water partition coefficient (Wildman–Crippen LogP) is 1.87. The summed E-state index contributed by atoms with van der Waals surface area (Å²) in [5, 5.41) is 1.39. The number of hydrogen-bond donors (Lipinski definition) is 1. The Morgan fingerprint density at radius 3 is 2.56 bits per heavy atom. The van der Waals surface area contributed by atoms with Crippen LogP contribution in [0.3, 0.4) is 0 Å². The minimum Gasteiger partial charge on any atom is -0.368 e. The Kier molecular flexibility index (Phi) is 3.71. The first kappa shape index (κ1) is 11.7. The lowest BCUT2D eigenvalue weighted by atomic mass is 10.2. The smallest absolute Gasteiger partial charge is 0.0553 e. The number of rotatable bonds is 2. The molecule has 0 spiro atoms. The second kappa shape index (κ2) is 5.06. The van der Waals surface area contributed by atoms with Gasteiger partial charge in [-0.3, -0.25) is 4.98 Å². The van der Waals surface area contributed by atoms with Gasteiger partial charge in [0.05, 0.1) is 17.6 Å². The molecule has 1 aliphatic rings. The zero-order valence-corrected chi connectivity index (χ0v) is 10.7. The van der Waals surface area contributed by atoms with Gasteiger partial charge in [-0.15, -0.1) is 0 Å². The molecular formula is C12H19N3S. The lowest BCUT2D eigenvalue weighted by Gasteiger charge is -2.36. The molecule has 0 radical (unpaired) electrons. The summed E-state index contributed by atoms with van der Waals surface area (Å²) in [6, 6.07) is 4.15. The highest BCUT2D eigenvalue weighted by Crippen LogP contribution is 2.28. The number of hydrogen-bond acceptors (Lipinski definition) is 4. The molecule has 2 N–H and O–H groups in total. The molecule has 3 nitrogen and oxygen atoms in total. The first-order valence-corrected chi connectivity index (χ1v) is 6.68. The SMILES string of the molecule is CC1CN(c2ccc(CN)nc2)CC(C)S1. The van der Waals surface area contributed by atoms with Gasteiger partial charge < -0.3 is 10.6 Å². The number of anilines is 1. The lowest BCUT2D eigenvalue weighted by Crippen LogP contribution is -2.40. The number of pyridine rings is 1. The molecule has 0 bridgehead atoms. The van der Waals surface area contributed by atoms with Crippen molar-refractivity contribution in [1.29, 1.82) is 0 Å². The fourth-order valence-electron chi connectivity index (χ4n) is 2.11.